The number of hydrogen-bond acceptors (Lipinski definition) is 4. The summed E-state index contributed by atoms with van der Waals surface area (Å²) < 4.78 is 0. The van der Waals surface area contributed by atoms with Crippen molar-refractivity contribution in [1.82, 2.24) is 9.97 Å². The minimum Gasteiger partial charge on any atom is -0.390 e. The molecule has 16 heavy (non-hydrogen) atoms. The second-order valence-corrected chi connectivity index (χ2v) is 3.34. The molecule has 0 radical (unpaired) electrons. The van der Waals surface area contributed by atoms with Crippen molar-refractivity contribution in [1.29, 1.82) is 0 Å². The van der Waals surface area contributed by atoms with E-state index in [0.717, 1.165) is 0 Å². The van der Waals surface area contributed by atoms with Gasteiger partial charge in [-0.2, -0.15) is 0 Å². The van der Waals surface area contributed by atoms with Crippen molar-refractivity contribution in [2.45, 2.75) is 13.2 Å². The van der Waals surface area contributed by atoms with E-state index in [1.807, 2.05) is 24.3 Å². The highest BCUT2D eigenvalue weighted by molar-refractivity contribution is 5.54. The maximum atomic E-state index is 8.99. The number of aliphatic hydroxyl groups is 2. The molecule has 2 aromatic heterocycles. The molecule has 0 aliphatic rings. The van der Waals surface area contributed by atoms with Crippen LogP contribution in [0.5, 0.6) is 0 Å². The zero-order chi connectivity index (χ0) is 11.4. The van der Waals surface area contributed by atoms with E-state index < -0.39 is 0 Å². The Morgan fingerprint density at radius 2 is 1.19 bits per heavy atom. The van der Waals surface area contributed by atoms with Crippen LogP contribution < -0.4 is 0 Å². The Morgan fingerprint density at radius 3 is 1.56 bits per heavy atom. The van der Waals surface area contributed by atoms with E-state index in [1.165, 1.54) is 0 Å². The van der Waals surface area contributed by atoms with E-state index in [4.69, 9.17) is 10.2 Å². The van der Waals surface area contributed by atoms with Crippen LogP contribution >= 0.6 is 0 Å². The summed E-state index contributed by atoms with van der Waals surface area (Å²) >= 11 is 0. The summed E-state index contributed by atoms with van der Waals surface area (Å²) in [5, 5.41) is 18.0. The molecule has 0 aromatic carbocycles. The van der Waals surface area contributed by atoms with Crippen molar-refractivity contribution in [2.75, 3.05) is 0 Å². The Kier molecular flexibility index (Phi) is 3.24. The van der Waals surface area contributed by atoms with Crippen LogP contribution in [0, 0.1) is 0 Å². The molecule has 0 unspecified atom stereocenters. The molecule has 0 saturated carbocycles. The quantitative estimate of drug-likeness (QED) is 0.807. The summed E-state index contributed by atoms with van der Waals surface area (Å²) in [6.07, 6.45) is 0. The van der Waals surface area contributed by atoms with Crippen molar-refractivity contribution in [3.8, 4) is 11.4 Å². The molecule has 2 heterocycles. The maximum Gasteiger partial charge on any atom is 0.0890 e. The van der Waals surface area contributed by atoms with E-state index in [2.05, 4.69) is 9.97 Å². The van der Waals surface area contributed by atoms with E-state index in [-0.39, 0.29) is 13.2 Å². The van der Waals surface area contributed by atoms with Gasteiger partial charge in [0.1, 0.15) is 0 Å². The topological polar surface area (TPSA) is 66.2 Å². The lowest BCUT2D eigenvalue weighted by atomic mass is 10.2. The van der Waals surface area contributed by atoms with Gasteiger partial charge >= 0.3 is 0 Å². The van der Waals surface area contributed by atoms with Crippen LogP contribution in [0.2, 0.25) is 0 Å². The van der Waals surface area contributed by atoms with Crippen LogP contribution in [0.1, 0.15) is 11.4 Å². The van der Waals surface area contributed by atoms with Gasteiger partial charge in [-0.1, -0.05) is 12.1 Å². The van der Waals surface area contributed by atoms with Crippen molar-refractivity contribution in [3.05, 3.63) is 47.8 Å². The van der Waals surface area contributed by atoms with Crippen molar-refractivity contribution >= 4 is 0 Å². The third-order valence-corrected chi connectivity index (χ3v) is 2.20. The summed E-state index contributed by atoms with van der Waals surface area (Å²) in [5.74, 6) is 0. The highest BCUT2D eigenvalue weighted by Gasteiger charge is 2.02. The predicted octanol–water partition coefficient (Wildman–Crippen LogP) is 1.13. The van der Waals surface area contributed by atoms with Gasteiger partial charge in [-0.15, -0.1) is 0 Å². The fraction of sp³-hybridized carbons (Fsp3) is 0.167. The van der Waals surface area contributed by atoms with E-state index in [0.29, 0.717) is 22.8 Å². The zero-order valence-electron chi connectivity index (χ0n) is 8.67. The minimum atomic E-state index is -0.0898. The lowest BCUT2D eigenvalue weighted by Gasteiger charge is -2.03. The van der Waals surface area contributed by atoms with Crippen molar-refractivity contribution in [2.24, 2.45) is 0 Å². The second-order valence-electron chi connectivity index (χ2n) is 3.34. The second kappa shape index (κ2) is 4.83. The van der Waals surface area contributed by atoms with Crippen LogP contribution in [-0.4, -0.2) is 20.2 Å². The molecule has 4 heteroatoms. The van der Waals surface area contributed by atoms with Crippen LogP contribution in [-0.2, 0) is 13.2 Å². The van der Waals surface area contributed by atoms with E-state index in [9.17, 15) is 0 Å². The van der Waals surface area contributed by atoms with Gasteiger partial charge in [-0.3, -0.25) is 0 Å². The van der Waals surface area contributed by atoms with Gasteiger partial charge in [0.2, 0.25) is 0 Å². The Balaban J connectivity index is 2.41. The molecular weight excluding hydrogens is 204 g/mol. The predicted molar refractivity (Wildman–Crippen MR) is 59.3 cm³/mol. The van der Waals surface area contributed by atoms with Gasteiger partial charge in [0, 0.05) is 0 Å². The third kappa shape index (κ3) is 2.24. The molecule has 82 valence electrons. The van der Waals surface area contributed by atoms with Crippen LogP contribution in [0.25, 0.3) is 11.4 Å². The molecule has 4 nitrogen and oxygen atoms in total. The van der Waals surface area contributed by atoms with Gasteiger partial charge in [0.15, 0.2) is 0 Å². The third-order valence-electron chi connectivity index (χ3n) is 2.20. The number of nitrogens with zero attached hydrogens (tertiary/aromatic N) is 2. The molecule has 0 amide bonds. The highest BCUT2D eigenvalue weighted by Crippen LogP contribution is 2.15. The number of aliphatic hydroxyl groups excluding tert-OH is 2. The first-order chi connectivity index (χ1) is 7.83. The molecule has 0 spiro atoms. The zero-order valence-corrected chi connectivity index (χ0v) is 8.67. The number of pyridine rings is 2. The monoisotopic (exact) mass is 216 g/mol. The summed E-state index contributed by atoms with van der Waals surface area (Å²) in [4.78, 5) is 8.49. The lowest BCUT2D eigenvalue weighted by Crippen LogP contribution is -1.95. The van der Waals surface area contributed by atoms with E-state index >= 15 is 0 Å². The van der Waals surface area contributed by atoms with Crippen molar-refractivity contribution < 1.29 is 10.2 Å². The van der Waals surface area contributed by atoms with Gasteiger partial charge < -0.3 is 10.2 Å². The average Bonchev–Trinajstić information content (AvgIpc) is 2.39. The van der Waals surface area contributed by atoms with Gasteiger partial charge in [-0.05, 0) is 24.3 Å². The van der Waals surface area contributed by atoms with Gasteiger partial charge in [0.05, 0.1) is 36.0 Å². The van der Waals surface area contributed by atoms with Crippen LogP contribution in [0.4, 0.5) is 0 Å². The Hall–Kier alpha value is -1.78. The smallest absolute Gasteiger partial charge is 0.0890 e. The molecule has 0 aliphatic carbocycles. The fourth-order valence-corrected chi connectivity index (χ4v) is 1.42. The van der Waals surface area contributed by atoms with Crippen LogP contribution in [0.15, 0.2) is 36.4 Å². The first-order valence-corrected chi connectivity index (χ1v) is 4.97. The van der Waals surface area contributed by atoms with Gasteiger partial charge in [-0.25, -0.2) is 9.97 Å². The summed E-state index contributed by atoms with van der Waals surface area (Å²) in [6.45, 7) is -0.180. The SMILES string of the molecule is OCc1cccc(-c2cccc(CO)n2)n1. The minimum absolute atomic E-state index is 0.0898. The van der Waals surface area contributed by atoms with E-state index in [1.54, 1.807) is 12.1 Å². The lowest BCUT2D eigenvalue weighted by molar-refractivity contribution is 0.276. The summed E-state index contributed by atoms with van der Waals surface area (Å²) in [5.41, 5.74) is 2.60. The number of aromatic nitrogens is 2. The number of hydrogen-bond donors (Lipinski definition) is 2. The molecule has 0 saturated heterocycles. The number of rotatable bonds is 3. The molecule has 0 atom stereocenters. The standard InChI is InChI=1S/C12H12N2O2/c15-7-9-3-1-5-11(13-9)12-6-2-4-10(8-16)14-12/h1-6,15-16H,7-8H2. The first-order valence-electron chi connectivity index (χ1n) is 4.97. The Bertz CT molecular complexity index is 440. The van der Waals surface area contributed by atoms with Crippen molar-refractivity contribution in [3.63, 3.8) is 0 Å². The molecule has 0 fully saturated rings. The molecule has 2 rings (SSSR count). The first kappa shape index (κ1) is 10.7. The molecular formula is C12H12N2O2. The summed E-state index contributed by atoms with van der Waals surface area (Å²) in [7, 11) is 0. The molecule has 2 N–H and O–H groups in total. The molecule has 0 bridgehead atoms. The summed E-state index contributed by atoms with van der Waals surface area (Å²) in [6, 6.07) is 10.8. The van der Waals surface area contributed by atoms with Gasteiger partial charge in [0.25, 0.3) is 0 Å². The normalized spacial score (nSPS) is 10.4. The Labute approximate surface area is 93.2 Å². The Morgan fingerprint density at radius 1 is 0.750 bits per heavy atom. The molecule has 0 aliphatic heterocycles. The molecule has 2 aromatic rings. The fourth-order valence-electron chi connectivity index (χ4n) is 1.42. The largest absolute Gasteiger partial charge is 0.390 e. The highest BCUT2D eigenvalue weighted by atomic mass is 16.3. The van der Waals surface area contributed by atoms with Crippen LogP contribution in [0.3, 0.4) is 0 Å². The average molecular weight is 216 g/mol. The maximum absolute atomic E-state index is 8.99.